The Hall–Kier alpha value is -4.29. The number of rotatable bonds is 5. The van der Waals surface area contributed by atoms with Crippen molar-refractivity contribution in [1.29, 1.82) is 0 Å². The molecule has 44 heavy (non-hydrogen) atoms. The van der Waals surface area contributed by atoms with E-state index in [2.05, 4.69) is 15.9 Å². The number of phenols is 1. The molecular formula is C38H47BrO5. The molecule has 5 nitrogen and oxygen atoms in total. The molecule has 0 saturated carbocycles. The predicted octanol–water partition coefficient (Wildman–Crippen LogP) is 11.2. The zero-order chi connectivity index (χ0) is 33.8. The number of aldehydes is 1. The van der Waals surface area contributed by atoms with Crippen molar-refractivity contribution in [2.24, 2.45) is 0 Å². The van der Waals surface area contributed by atoms with Crippen LogP contribution in [-0.2, 0) is 0 Å². The fraction of sp³-hybridized carbons (Fsp3) is 0.237. The first kappa shape index (κ1) is 41.8. The quantitative estimate of drug-likeness (QED) is 0.115. The zero-order valence-electron chi connectivity index (χ0n) is 27.2. The number of alkyl halides is 1. The number of aromatic hydroxyl groups is 1. The lowest BCUT2D eigenvalue weighted by Crippen LogP contribution is -1.98. The number of halogens is 1. The summed E-state index contributed by atoms with van der Waals surface area (Å²) in [6.45, 7) is 16.0. The molecule has 1 heterocycles. The van der Waals surface area contributed by atoms with Gasteiger partial charge in [-0.15, -0.1) is 0 Å². The lowest BCUT2D eigenvalue weighted by Gasteiger charge is -1.95. The van der Waals surface area contributed by atoms with Gasteiger partial charge in [-0.05, 0) is 24.3 Å². The SMILES string of the molecule is CC.CC.CC.CC.O=C(CBr)c1ccccc1.O=C(c1ccccc1)c1cc2ccccc2o1.O=Cc1ccccc1O. The van der Waals surface area contributed by atoms with Crippen LogP contribution in [0, 0.1) is 0 Å². The number of fused-ring (bicyclic) bond motifs is 1. The van der Waals surface area contributed by atoms with E-state index >= 15 is 0 Å². The molecule has 0 saturated heterocycles. The van der Waals surface area contributed by atoms with Crippen molar-refractivity contribution in [1.82, 2.24) is 0 Å². The highest BCUT2D eigenvalue weighted by atomic mass is 79.9. The first-order valence-electron chi connectivity index (χ1n) is 15.0. The number of benzene rings is 4. The molecule has 0 aliphatic rings. The maximum atomic E-state index is 12.1. The van der Waals surface area contributed by atoms with E-state index in [0.29, 0.717) is 28.5 Å². The van der Waals surface area contributed by atoms with E-state index in [4.69, 9.17) is 9.52 Å². The second-order valence-electron chi connectivity index (χ2n) is 7.44. The average molecular weight is 664 g/mol. The second kappa shape index (κ2) is 27.5. The predicted molar refractivity (Wildman–Crippen MR) is 190 cm³/mol. The third kappa shape index (κ3) is 15.3. The summed E-state index contributed by atoms with van der Waals surface area (Å²) in [6.07, 6.45) is 0.620. The summed E-state index contributed by atoms with van der Waals surface area (Å²) < 4.78 is 5.53. The molecule has 6 heteroatoms. The number of Topliss-reactive ketones (excluding diaryl/α,β-unsaturated/α-hetero) is 1. The highest BCUT2D eigenvalue weighted by Gasteiger charge is 2.13. The van der Waals surface area contributed by atoms with Gasteiger partial charge < -0.3 is 9.52 Å². The highest BCUT2D eigenvalue weighted by Crippen LogP contribution is 2.21. The number of ketones is 2. The molecule has 4 aromatic carbocycles. The first-order valence-corrected chi connectivity index (χ1v) is 16.1. The Kier molecular flexibility index (Phi) is 26.2. The van der Waals surface area contributed by atoms with Crippen molar-refractivity contribution >= 4 is 44.8 Å². The molecule has 236 valence electrons. The number of phenolic OH excluding ortho intramolecular Hbond substituents is 1. The maximum Gasteiger partial charge on any atom is 0.228 e. The Labute approximate surface area is 272 Å². The molecule has 0 aliphatic heterocycles. The van der Waals surface area contributed by atoms with Crippen LogP contribution in [0.4, 0.5) is 0 Å². The first-order chi connectivity index (χ1) is 21.5. The molecule has 0 bridgehead atoms. The second-order valence-corrected chi connectivity index (χ2v) is 8.00. The van der Waals surface area contributed by atoms with E-state index in [-0.39, 0.29) is 17.3 Å². The molecule has 0 amide bonds. The molecule has 0 fully saturated rings. The fourth-order valence-corrected chi connectivity index (χ4v) is 3.44. The van der Waals surface area contributed by atoms with Gasteiger partial charge in [-0.25, -0.2) is 0 Å². The van der Waals surface area contributed by atoms with E-state index < -0.39 is 0 Å². The van der Waals surface area contributed by atoms with E-state index in [1.165, 1.54) is 6.07 Å². The summed E-state index contributed by atoms with van der Waals surface area (Å²) in [4.78, 5) is 33.2. The van der Waals surface area contributed by atoms with Crippen LogP contribution in [0.25, 0.3) is 11.0 Å². The zero-order valence-corrected chi connectivity index (χ0v) is 28.8. The van der Waals surface area contributed by atoms with Gasteiger partial charge in [-0.2, -0.15) is 0 Å². The molecule has 0 unspecified atom stereocenters. The number of hydrogen-bond donors (Lipinski definition) is 1. The molecule has 5 aromatic rings. The molecule has 1 aromatic heterocycles. The smallest absolute Gasteiger partial charge is 0.228 e. The average Bonchev–Trinajstić information content (AvgIpc) is 3.57. The Morgan fingerprint density at radius 3 is 1.57 bits per heavy atom. The Balaban J connectivity index is 0. The van der Waals surface area contributed by atoms with Crippen LogP contribution < -0.4 is 0 Å². The molecule has 5 rings (SSSR count). The standard InChI is InChI=1S/C15H10O2.C8H7BrO.C7H6O2.4C2H6/c16-15(11-6-2-1-3-7-11)14-10-12-8-4-5-9-13(12)17-14;9-6-8(10)7-4-2-1-3-5-7;8-5-6-3-1-2-4-7(6)9;4*1-2/h1-10H;1-5H,6H2;1-5,9H;4*1-2H3. The van der Waals surface area contributed by atoms with Crippen molar-refractivity contribution < 1.29 is 23.9 Å². The Morgan fingerprint density at radius 2 is 1.11 bits per heavy atom. The van der Waals surface area contributed by atoms with Crippen LogP contribution >= 0.6 is 15.9 Å². The van der Waals surface area contributed by atoms with E-state index in [0.717, 1.165) is 16.5 Å². The topological polar surface area (TPSA) is 84.6 Å². The normalized spacial score (nSPS) is 8.57. The number of carbonyl (C=O) groups is 3. The molecular weight excluding hydrogens is 616 g/mol. The van der Waals surface area contributed by atoms with Crippen molar-refractivity contribution in [3.8, 4) is 5.75 Å². The van der Waals surface area contributed by atoms with Gasteiger partial charge in [0.1, 0.15) is 11.3 Å². The molecule has 1 N–H and O–H groups in total. The van der Waals surface area contributed by atoms with Crippen LogP contribution in [0.2, 0.25) is 0 Å². The van der Waals surface area contributed by atoms with Crippen molar-refractivity contribution in [2.75, 3.05) is 5.33 Å². The van der Waals surface area contributed by atoms with Crippen LogP contribution in [0.5, 0.6) is 5.75 Å². The van der Waals surface area contributed by atoms with Gasteiger partial charge in [-0.3, -0.25) is 14.4 Å². The number of carbonyl (C=O) groups excluding carboxylic acids is 3. The van der Waals surface area contributed by atoms with E-state index in [9.17, 15) is 14.4 Å². The molecule has 0 radical (unpaired) electrons. The third-order valence-electron chi connectivity index (χ3n) is 4.97. The van der Waals surface area contributed by atoms with E-state index in [1.54, 1.807) is 36.4 Å². The summed E-state index contributed by atoms with van der Waals surface area (Å²) in [7, 11) is 0. The van der Waals surface area contributed by atoms with Crippen LogP contribution in [0.15, 0.2) is 120 Å². The van der Waals surface area contributed by atoms with Crippen LogP contribution in [-0.4, -0.2) is 28.3 Å². The van der Waals surface area contributed by atoms with Gasteiger partial charge in [-0.1, -0.05) is 162 Å². The van der Waals surface area contributed by atoms with Gasteiger partial charge in [0.05, 0.1) is 10.9 Å². The molecule has 0 atom stereocenters. The van der Waals surface area contributed by atoms with Crippen LogP contribution in [0.1, 0.15) is 92.2 Å². The lowest BCUT2D eigenvalue weighted by molar-refractivity contribution is 0.101. The van der Waals surface area contributed by atoms with Crippen molar-refractivity contribution in [3.63, 3.8) is 0 Å². The number of hydrogen-bond acceptors (Lipinski definition) is 5. The Morgan fingerprint density at radius 1 is 0.659 bits per heavy atom. The van der Waals surface area contributed by atoms with Gasteiger partial charge in [0.2, 0.25) is 5.78 Å². The summed E-state index contributed by atoms with van der Waals surface area (Å²) >= 11 is 3.10. The fourth-order valence-electron chi connectivity index (χ4n) is 3.11. The summed E-state index contributed by atoms with van der Waals surface area (Å²) in [5.74, 6) is 0.465. The monoisotopic (exact) mass is 662 g/mol. The minimum atomic E-state index is -0.0817. The largest absolute Gasteiger partial charge is 0.507 e. The van der Waals surface area contributed by atoms with Crippen molar-refractivity contribution in [3.05, 3.63) is 138 Å². The molecule has 0 aliphatic carbocycles. The minimum Gasteiger partial charge on any atom is -0.507 e. The van der Waals surface area contributed by atoms with Gasteiger partial charge >= 0.3 is 0 Å². The summed E-state index contributed by atoms with van der Waals surface area (Å²) in [6, 6.07) is 34.2. The van der Waals surface area contributed by atoms with Crippen LogP contribution in [0.3, 0.4) is 0 Å². The minimum absolute atomic E-state index is 0.0347. The summed E-state index contributed by atoms with van der Waals surface area (Å²) in [5.41, 5.74) is 2.48. The van der Waals surface area contributed by atoms with Crippen molar-refractivity contribution in [2.45, 2.75) is 55.4 Å². The van der Waals surface area contributed by atoms with E-state index in [1.807, 2.05) is 128 Å². The Bertz CT molecular complexity index is 1390. The lowest BCUT2D eigenvalue weighted by atomic mass is 10.1. The van der Waals surface area contributed by atoms with Gasteiger partial charge in [0.25, 0.3) is 0 Å². The van der Waals surface area contributed by atoms with Gasteiger partial charge in [0, 0.05) is 16.5 Å². The maximum absolute atomic E-state index is 12.1. The van der Waals surface area contributed by atoms with Gasteiger partial charge in [0.15, 0.2) is 17.8 Å². The third-order valence-corrected chi connectivity index (χ3v) is 5.48. The molecule has 0 spiro atoms. The highest BCUT2D eigenvalue weighted by molar-refractivity contribution is 9.09. The summed E-state index contributed by atoms with van der Waals surface area (Å²) in [5, 5.41) is 10.2. The number of furan rings is 1. The number of para-hydroxylation sites is 2.